The summed E-state index contributed by atoms with van der Waals surface area (Å²) in [5.74, 6) is 0. The van der Waals surface area contributed by atoms with E-state index in [-0.39, 0.29) is 0 Å². The second kappa shape index (κ2) is 7.29. The van der Waals surface area contributed by atoms with Crippen molar-refractivity contribution in [3.63, 3.8) is 0 Å². The van der Waals surface area contributed by atoms with Gasteiger partial charge in [0.2, 0.25) is 0 Å². The molecule has 0 radical (unpaired) electrons. The van der Waals surface area contributed by atoms with Crippen LogP contribution in [-0.4, -0.2) is 43.1 Å². The zero-order valence-electron chi connectivity index (χ0n) is 12.4. The summed E-state index contributed by atoms with van der Waals surface area (Å²) in [7, 11) is 0. The predicted molar refractivity (Wildman–Crippen MR) is 91.2 cm³/mol. The molecule has 5 heteroatoms. The van der Waals surface area contributed by atoms with E-state index < -0.39 is 6.92 Å². The Bertz CT molecular complexity index is 614. The molecule has 0 spiro atoms. The maximum Gasteiger partial charge on any atom is 0.359 e. The van der Waals surface area contributed by atoms with Crippen molar-refractivity contribution < 1.29 is 9.76 Å². The number of morpholine rings is 1. The van der Waals surface area contributed by atoms with Gasteiger partial charge in [0, 0.05) is 24.7 Å². The van der Waals surface area contributed by atoms with E-state index in [9.17, 15) is 5.02 Å². The van der Waals surface area contributed by atoms with Gasteiger partial charge in [-0.25, -0.2) is 0 Å². The Labute approximate surface area is 136 Å². The molecule has 0 atom stereocenters. The molecular formula is C17H19BClNO2. The molecule has 22 heavy (non-hydrogen) atoms. The topological polar surface area (TPSA) is 32.7 Å². The van der Waals surface area contributed by atoms with E-state index >= 15 is 0 Å². The first-order chi connectivity index (χ1) is 10.7. The van der Waals surface area contributed by atoms with Crippen LogP contribution in [0.25, 0.3) is 0 Å². The molecule has 1 aliphatic heterocycles. The van der Waals surface area contributed by atoms with E-state index in [1.807, 2.05) is 30.3 Å². The monoisotopic (exact) mass is 315 g/mol. The van der Waals surface area contributed by atoms with Crippen LogP contribution in [0.15, 0.2) is 48.5 Å². The highest BCUT2D eigenvalue weighted by Crippen LogP contribution is 2.07. The molecule has 3 nitrogen and oxygen atoms in total. The molecule has 1 aliphatic rings. The molecule has 1 fully saturated rings. The third kappa shape index (κ3) is 3.90. The van der Waals surface area contributed by atoms with Gasteiger partial charge >= 0.3 is 6.92 Å². The first kappa shape index (κ1) is 15.6. The number of hydrogen-bond acceptors (Lipinski definition) is 3. The highest BCUT2D eigenvalue weighted by atomic mass is 35.5. The van der Waals surface area contributed by atoms with Crippen molar-refractivity contribution in [3.8, 4) is 0 Å². The number of hydrogen-bond donors (Lipinski definition) is 1. The summed E-state index contributed by atoms with van der Waals surface area (Å²) in [6.45, 7) is 3.87. The van der Waals surface area contributed by atoms with Gasteiger partial charge in [-0.15, -0.1) is 0 Å². The van der Waals surface area contributed by atoms with E-state index in [4.69, 9.17) is 16.3 Å². The predicted octanol–water partition coefficient (Wildman–Crippen LogP) is 1.27. The molecule has 0 saturated carbocycles. The third-order valence-corrected chi connectivity index (χ3v) is 4.20. The van der Waals surface area contributed by atoms with Crippen molar-refractivity contribution in [1.82, 2.24) is 4.90 Å². The van der Waals surface area contributed by atoms with Crippen LogP contribution in [-0.2, 0) is 11.3 Å². The quantitative estimate of drug-likeness (QED) is 0.863. The summed E-state index contributed by atoms with van der Waals surface area (Å²) in [5, 5.41) is 11.1. The first-order valence-corrected chi connectivity index (χ1v) is 7.92. The van der Waals surface area contributed by atoms with Crippen LogP contribution >= 0.6 is 11.6 Å². The van der Waals surface area contributed by atoms with Crippen molar-refractivity contribution in [3.05, 3.63) is 59.1 Å². The van der Waals surface area contributed by atoms with Crippen molar-refractivity contribution >= 4 is 29.4 Å². The molecule has 0 bridgehead atoms. The van der Waals surface area contributed by atoms with E-state index in [0.29, 0.717) is 5.02 Å². The van der Waals surface area contributed by atoms with Gasteiger partial charge in [0.1, 0.15) is 0 Å². The fourth-order valence-corrected chi connectivity index (χ4v) is 2.89. The van der Waals surface area contributed by atoms with Gasteiger partial charge in [0.05, 0.1) is 13.2 Å². The molecule has 3 rings (SSSR count). The molecular weight excluding hydrogens is 296 g/mol. The van der Waals surface area contributed by atoms with Gasteiger partial charge in [0.15, 0.2) is 0 Å². The summed E-state index contributed by atoms with van der Waals surface area (Å²) < 4.78 is 5.36. The fraction of sp³-hybridized carbons (Fsp3) is 0.294. The summed E-state index contributed by atoms with van der Waals surface area (Å²) >= 11 is 5.98. The molecule has 2 aromatic carbocycles. The SMILES string of the molecule is OB(c1ccc(CN2CCOCC2)cc1)c1cccc(Cl)c1. The minimum Gasteiger partial charge on any atom is -0.443 e. The van der Waals surface area contributed by atoms with E-state index in [1.54, 1.807) is 6.07 Å². The zero-order chi connectivity index (χ0) is 15.4. The maximum absolute atomic E-state index is 10.4. The number of rotatable bonds is 4. The molecule has 0 unspecified atom stereocenters. The largest absolute Gasteiger partial charge is 0.443 e. The lowest BCUT2D eigenvalue weighted by atomic mass is 9.56. The van der Waals surface area contributed by atoms with E-state index in [2.05, 4.69) is 17.0 Å². The van der Waals surface area contributed by atoms with Gasteiger partial charge < -0.3 is 9.76 Å². The molecule has 2 aromatic rings. The molecule has 0 amide bonds. The summed E-state index contributed by atoms with van der Waals surface area (Å²) in [5.41, 5.74) is 2.95. The zero-order valence-corrected chi connectivity index (χ0v) is 13.2. The highest BCUT2D eigenvalue weighted by Gasteiger charge is 2.17. The Morgan fingerprint density at radius 3 is 2.45 bits per heavy atom. The Kier molecular flexibility index (Phi) is 5.16. The third-order valence-electron chi connectivity index (χ3n) is 3.97. The van der Waals surface area contributed by atoms with Crippen molar-refractivity contribution in [1.29, 1.82) is 0 Å². The second-order valence-electron chi connectivity index (χ2n) is 5.59. The second-order valence-corrected chi connectivity index (χ2v) is 6.02. The standard InChI is InChI=1S/C17H19BClNO2/c19-17-3-1-2-16(12-17)18(21)15-6-4-14(5-7-15)13-20-8-10-22-11-9-20/h1-7,12,21H,8-11,13H2. The minimum absolute atomic E-state index is 0.639. The summed E-state index contributed by atoms with van der Waals surface area (Å²) in [6.07, 6.45) is 0. The van der Waals surface area contributed by atoms with Crippen LogP contribution in [0.5, 0.6) is 0 Å². The summed E-state index contributed by atoms with van der Waals surface area (Å²) in [6, 6.07) is 15.5. The van der Waals surface area contributed by atoms with Crippen LogP contribution in [0.1, 0.15) is 5.56 Å². The normalized spacial score (nSPS) is 15.7. The number of ether oxygens (including phenoxy) is 1. The Morgan fingerprint density at radius 1 is 1.05 bits per heavy atom. The Hall–Kier alpha value is -1.33. The van der Waals surface area contributed by atoms with E-state index in [1.165, 1.54) is 5.56 Å². The van der Waals surface area contributed by atoms with Crippen LogP contribution < -0.4 is 10.9 Å². The highest BCUT2D eigenvalue weighted by molar-refractivity contribution is 6.79. The molecule has 0 aliphatic carbocycles. The lowest BCUT2D eigenvalue weighted by Crippen LogP contribution is -2.42. The Morgan fingerprint density at radius 2 is 1.77 bits per heavy atom. The first-order valence-electron chi connectivity index (χ1n) is 7.55. The molecule has 1 heterocycles. The van der Waals surface area contributed by atoms with Crippen LogP contribution in [0, 0.1) is 0 Å². The van der Waals surface area contributed by atoms with Crippen molar-refractivity contribution in [2.45, 2.75) is 6.54 Å². The lowest BCUT2D eigenvalue weighted by molar-refractivity contribution is 0.0342. The van der Waals surface area contributed by atoms with Crippen molar-refractivity contribution in [2.24, 2.45) is 0 Å². The molecule has 114 valence electrons. The number of benzene rings is 2. The van der Waals surface area contributed by atoms with Gasteiger partial charge in [-0.2, -0.15) is 0 Å². The Balaban J connectivity index is 1.68. The van der Waals surface area contributed by atoms with Gasteiger partial charge in [-0.05, 0) is 28.6 Å². The average Bonchev–Trinajstić information content (AvgIpc) is 2.56. The number of nitrogens with zero attached hydrogens (tertiary/aromatic N) is 1. The van der Waals surface area contributed by atoms with Gasteiger partial charge in [-0.1, -0.05) is 48.0 Å². The minimum atomic E-state index is -0.642. The number of halogens is 1. The fourth-order valence-electron chi connectivity index (χ4n) is 2.69. The molecule has 1 N–H and O–H groups in total. The average molecular weight is 316 g/mol. The lowest BCUT2D eigenvalue weighted by Gasteiger charge is -2.26. The maximum atomic E-state index is 10.4. The van der Waals surface area contributed by atoms with Crippen LogP contribution in [0.3, 0.4) is 0 Å². The van der Waals surface area contributed by atoms with E-state index in [0.717, 1.165) is 43.8 Å². The smallest absolute Gasteiger partial charge is 0.359 e. The molecule has 1 saturated heterocycles. The van der Waals surface area contributed by atoms with Crippen molar-refractivity contribution in [2.75, 3.05) is 26.3 Å². The molecule has 0 aromatic heterocycles. The van der Waals surface area contributed by atoms with Crippen LogP contribution in [0.4, 0.5) is 0 Å². The van der Waals surface area contributed by atoms with Gasteiger partial charge in [0.25, 0.3) is 0 Å². The van der Waals surface area contributed by atoms with Gasteiger partial charge in [-0.3, -0.25) is 4.90 Å². The van der Waals surface area contributed by atoms with Crippen LogP contribution in [0.2, 0.25) is 5.02 Å². The summed E-state index contributed by atoms with van der Waals surface area (Å²) in [4.78, 5) is 2.38.